The van der Waals surface area contributed by atoms with Gasteiger partial charge in [-0.3, -0.25) is 0 Å². The van der Waals surface area contributed by atoms with Gasteiger partial charge in [-0.05, 0) is 13.3 Å². The number of ether oxygens (including phenoxy) is 3. The van der Waals surface area contributed by atoms with Crippen molar-refractivity contribution in [1.29, 1.82) is 0 Å². The monoisotopic (exact) mass is 230 g/mol. The molecule has 2 aliphatic heterocycles. The number of carbonyl (C=O) groups is 1. The lowest BCUT2D eigenvalue weighted by atomic mass is 10.2. The normalized spacial score (nSPS) is 39.2. The van der Waals surface area contributed by atoms with Crippen LogP contribution in [0.4, 0.5) is 0 Å². The van der Waals surface area contributed by atoms with Gasteiger partial charge in [0.25, 0.3) is 0 Å². The van der Waals surface area contributed by atoms with Crippen molar-refractivity contribution in [3.8, 4) is 0 Å². The Bertz CT molecular complexity index is 349. The maximum atomic E-state index is 11.0. The van der Waals surface area contributed by atoms with E-state index in [0.29, 0.717) is 6.42 Å². The van der Waals surface area contributed by atoms with Crippen molar-refractivity contribution in [2.45, 2.75) is 38.3 Å². The third kappa shape index (κ3) is 1.64. The molecule has 6 nitrogen and oxygen atoms in total. The molecule has 0 aromatic heterocycles. The number of aliphatic hydroxyl groups excluding tert-OH is 2. The maximum absolute atomic E-state index is 11.0. The van der Waals surface area contributed by atoms with Crippen molar-refractivity contribution < 1.29 is 29.2 Å². The highest BCUT2D eigenvalue weighted by atomic mass is 16.8. The second-order valence-corrected chi connectivity index (χ2v) is 4.01. The van der Waals surface area contributed by atoms with Gasteiger partial charge >= 0.3 is 5.97 Å². The van der Waals surface area contributed by atoms with Crippen LogP contribution in [-0.4, -0.2) is 40.8 Å². The van der Waals surface area contributed by atoms with E-state index in [9.17, 15) is 9.90 Å². The summed E-state index contributed by atoms with van der Waals surface area (Å²) in [6.07, 6.45) is -0.917. The van der Waals surface area contributed by atoms with E-state index in [1.54, 1.807) is 6.92 Å². The quantitative estimate of drug-likeness (QED) is 0.682. The minimum absolute atomic E-state index is 0.208. The van der Waals surface area contributed by atoms with E-state index in [0.717, 1.165) is 0 Å². The molecule has 0 aromatic carbocycles. The Morgan fingerprint density at radius 3 is 2.62 bits per heavy atom. The average Bonchev–Trinajstić information content (AvgIpc) is 2.76. The molecule has 2 rings (SSSR count). The van der Waals surface area contributed by atoms with Gasteiger partial charge in [-0.1, -0.05) is 6.92 Å². The lowest BCUT2D eigenvalue weighted by molar-refractivity contribution is -0.172. The number of esters is 1. The molecule has 90 valence electrons. The number of carbonyl (C=O) groups excluding carboxylic acids is 1. The molecule has 6 heteroatoms. The Morgan fingerprint density at radius 2 is 2.19 bits per heavy atom. The fourth-order valence-electron chi connectivity index (χ4n) is 1.70. The predicted molar refractivity (Wildman–Crippen MR) is 51.7 cm³/mol. The summed E-state index contributed by atoms with van der Waals surface area (Å²) in [5.41, 5.74) is 0. The van der Waals surface area contributed by atoms with Crippen LogP contribution in [0.25, 0.3) is 0 Å². The summed E-state index contributed by atoms with van der Waals surface area (Å²) in [6.45, 7) is 3.88. The summed E-state index contributed by atoms with van der Waals surface area (Å²) in [6, 6.07) is 0. The van der Waals surface area contributed by atoms with E-state index in [-0.39, 0.29) is 6.61 Å². The summed E-state index contributed by atoms with van der Waals surface area (Å²) in [7, 11) is 0. The van der Waals surface area contributed by atoms with Crippen molar-refractivity contribution in [3.05, 3.63) is 11.5 Å². The van der Waals surface area contributed by atoms with Crippen LogP contribution in [0.2, 0.25) is 0 Å². The number of rotatable bonds is 2. The molecule has 1 fully saturated rings. The molecule has 0 radical (unpaired) electrons. The van der Waals surface area contributed by atoms with Crippen LogP contribution < -0.4 is 0 Å². The van der Waals surface area contributed by atoms with Gasteiger partial charge in [-0.2, -0.15) is 0 Å². The topological polar surface area (TPSA) is 85.2 Å². The van der Waals surface area contributed by atoms with Gasteiger partial charge in [0, 0.05) is 0 Å². The minimum Gasteiger partial charge on any atom is -0.505 e. The first-order valence-corrected chi connectivity index (χ1v) is 5.11. The molecule has 16 heavy (non-hydrogen) atoms. The van der Waals surface area contributed by atoms with Crippen molar-refractivity contribution in [2.24, 2.45) is 0 Å². The average molecular weight is 230 g/mol. The zero-order valence-electron chi connectivity index (χ0n) is 9.10. The molecule has 0 unspecified atom stereocenters. The number of hydrogen-bond donors (Lipinski definition) is 2. The Kier molecular flexibility index (Phi) is 2.55. The fourth-order valence-corrected chi connectivity index (χ4v) is 1.70. The molecule has 0 aliphatic carbocycles. The molecule has 2 aliphatic rings. The Balaban J connectivity index is 2.10. The zero-order chi connectivity index (χ0) is 11.9. The highest BCUT2D eigenvalue weighted by Gasteiger charge is 2.47. The third-order valence-corrected chi connectivity index (χ3v) is 2.87. The summed E-state index contributed by atoms with van der Waals surface area (Å²) in [5, 5.41) is 18.6. The summed E-state index contributed by atoms with van der Waals surface area (Å²) in [5.74, 6) is -2.90. The summed E-state index contributed by atoms with van der Waals surface area (Å²) >= 11 is 0. The molecule has 0 amide bonds. The van der Waals surface area contributed by atoms with Crippen LogP contribution in [0.15, 0.2) is 11.5 Å². The molecule has 3 atom stereocenters. The highest BCUT2D eigenvalue weighted by molar-refractivity contribution is 5.89. The van der Waals surface area contributed by atoms with Crippen LogP contribution >= 0.6 is 0 Å². The molecular weight excluding hydrogens is 216 g/mol. The zero-order valence-corrected chi connectivity index (χ0v) is 9.10. The standard InChI is InChI=1S/C10H14O6/c1-3-10(2)14-4-5(16-10)8-6(11)7(12)9(13)15-8/h5,8,11-12H,3-4H2,1-2H3/t5-,8+,10+/m0/s1. The lowest BCUT2D eigenvalue weighted by Crippen LogP contribution is -2.33. The minimum atomic E-state index is -0.971. The first kappa shape index (κ1) is 11.2. The van der Waals surface area contributed by atoms with Gasteiger partial charge in [0.1, 0.15) is 6.10 Å². The molecular formula is C10H14O6. The Labute approximate surface area is 92.4 Å². The number of cyclic esters (lactones) is 1. The van der Waals surface area contributed by atoms with Crippen molar-refractivity contribution in [2.75, 3.05) is 6.61 Å². The van der Waals surface area contributed by atoms with Gasteiger partial charge in [0.15, 0.2) is 17.7 Å². The van der Waals surface area contributed by atoms with Gasteiger partial charge in [0.2, 0.25) is 5.76 Å². The van der Waals surface area contributed by atoms with E-state index in [2.05, 4.69) is 0 Å². The van der Waals surface area contributed by atoms with Gasteiger partial charge in [-0.25, -0.2) is 4.79 Å². The molecule has 2 heterocycles. The van der Waals surface area contributed by atoms with E-state index >= 15 is 0 Å². The highest BCUT2D eigenvalue weighted by Crippen LogP contribution is 2.33. The van der Waals surface area contributed by atoms with Gasteiger partial charge in [0.05, 0.1) is 6.61 Å². The predicted octanol–water partition coefficient (Wildman–Crippen LogP) is 0.781. The Hall–Kier alpha value is -1.27. The van der Waals surface area contributed by atoms with E-state index in [4.69, 9.17) is 19.3 Å². The van der Waals surface area contributed by atoms with Crippen LogP contribution in [0.3, 0.4) is 0 Å². The molecule has 0 saturated carbocycles. The SMILES string of the molecule is CC[C@]1(C)OC[C@@H]([C@H]2OC(=O)C(O)=C2O)O1. The number of hydrogen-bond acceptors (Lipinski definition) is 6. The molecule has 0 bridgehead atoms. The van der Waals surface area contributed by atoms with Crippen LogP contribution in [-0.2, 0) is 19.0 Å². The van der Waals surface area contributed by atoms with Crippen molar-refractivity contribution >= 4 is 5.97 Å². The van der Waals surface area contributed by atoms with Crippen LogP contribution in [0.5, 0.6) is 0 Å². The molecule has 1 saturated heterocycles. The first-order valence-electron chi connectivity index (χ1n) is 5.11. The summed E-state index contributed by atoms with van der Waals surface area (Å²) < 4.78 is 15.7. The second kappa shape index (κ2) is 3.64. The van der Waals surface area contributed by atoms with E-state index < -0.39 is 35.5 Å². The van der Waals surface area contributed by atoms with E-state index in [1.165, 1.54) is 0 Å². The van der Waals surface area contributed by atoms with Gasteiger partial charge in [-0.15, -0.1) is 0 Å². The Morgan fingerprint density at radius 1 is 1.50 bits per heavy atom. The fraction of sp³-hybridized carbons (Fsp3) is 0.700. The largest absolute Gasteiger partial charge is 0.505 e. The lowest BCUT2D eigenvalue weighted by Gasteiger charge is -2.22. The van der Waals surface area contributed by atoms with E-state index in [1.807, 2.05) is 6.92 Å². The van der Waals surface area contributed by atoms with Crippen molar-refractivity contribution in [1.82, 2.24) is 0 Å². The van der Waals surface area contributed by atoms with Crippen LogP contribution in [0.1, 0.15) is 20.3 Å². The second-order valence-electron chi connectivity index (χ2n) is 4.01. The molecule has 0 spiro atoms. The first-order chi connectivity index (χ1) is 7.47. The number of aliphatic hydroxyl groups is 2. The smallest absolute Gasteiger partial charge is 0.377 e. The van der Waals surface area contributed by atoms with Crippen molar-refractivity contribution in [3.63, 3.8) is 0 Å². The summed E-state index contributed by atoms with van der Waals surface area (Å²) in [4.78, 5) is 11.0. The molecule has 0 aromatic rings. The maximum Gasteiger partial charge on any atom is 0.377 e. The van der Waals surface area contributed by atoms with Crippen LogP contribution in [0, 0.1) is 0 Å². The molecule has 2 N–H and O–H groups in total. The van der Waals surface area contributed by atoms with Gasteiger partial charge < -0.3 is 24.4 Å². The third-order valence-electron chi connectivity index (χ3n) is 2.87.